The summed E-state index contributed by atoms with van der Waals surface area (Å²) in [7, 11) is 0. The Bertz CT molecular complexity index is 736. The lowest BCUT2D eigenvalue weighted by Gasteiger charge is -2.11. The van der Waals surface area contributed by atoms with Crippen molar-refractivity contribution in [3.63, 3.8) is 0 Å². The molecule has 0 aliphatic heterocycles. The average molecular weight is 255 g/mol. The largest absolute Gasteiger partial charge is 0.337 e. The first kappa shape index (κ1) is 11.2. The molecule has 3 aromatic rings. The molecule has 2 aromatic heterocycles. The number of pyridine rings is 1. The van der Waals surface area contributed by atoms with Crippen molar-refractivity contribution in [2.24, 2.45) is 0 Å². The number of imidazole rings is 1. The van der Waals surface area contributed by atoms with Crippen LogP contribution in [-0.2, 0) is 0 Å². The molecular formula is C14H13N3S. The van der Waals surface area contributed by atoms with Crippen LogP contribution in [0.5, 0.6) is 0 Å². The zero-order chi connectivity index (χ0) is 12.5. The van der Waals surface area contributed by atoms with Gasteiger partial charge in [0, 0.05) is 29.4 Å². The molecule has 18 heavy (non-hydrogen) atoms. The number of hydrogen-bond donors (Lipinski definition) is 2. The monoisotopic (exact) mass is 255 g/mol. The molecule has 0 bridgehead atoms. The van der Waals surface area contributed by atoms with Crippen molar-refractivity contribution in [2.45, 2.75) is 12.8 Å². The van der Waals surface area contributed by atoms with E-state index in [1.807, 2.05) is 30.6 Å². The molecule has 0 amide bonds. The zero-order valence-corrected chi connectivity index (χ0v) is 10.8. The topological polar surface area (TPSA) is 44.5 Å². The van der Waals surface area contributed by atoms with E-state index >= 15 is 0 Å². The van der Waals surface area contributed by atoms with Crippen LogP contribution in [0.15, 0.2) is 42.7 Å². The van der Waals surface area contributed by atoms with E-state index in [9.17, 15) is 0 Å². The lowest BCUT2D eigenvalue weighted by atomic mass is 9.98. The van der Waals surface area contributed by atoms with Gasteiger partial charge >= 0.3 is 0 Å². The molecule has 2 N–H and O–H groups in total. The summed E-state index contributed by atoms with van der Waals surface area (Å²) in [5.74, 6) is 0.184. The second-order valence-corrected chi connectivity index (χ2v) is 4.75. The highest BCUT2D eigenvalue weighted by Gasteiger charge is 2.14. The van der Waals surface area contributed by atoms with Crippen molar-refractivity contribution in [3.05, 3.63) is 58.9 Å². The molecule has 1 unspecified atom stereocenters. The fourth-order valence-electron chi connectivity index (χ4n) is 2.22. The van der Waals surface area contributed by atoms with Crippen LogP contribution in [0.4, 0.5) is 0 Å². The van der Waals surface area contributed by atoms with Gasteiger partial charge in [0.1, 0.15) is 0 Å². The minimum absolute atomic E-state index is 0.184. The van der Waals surface area contributed by atoms with Crippen LogP contribution < -0.4 is 0 Å². The van der Waals surface area contributed by atoms with Crippen molar-refractivity contribution in [1.29, 1.82) is 0 Å². The smallest absolute Gasteiger partial charge is 0.174 e. The van der Waals surface area contributed by atoms with Crippen LogP contribution in [-0.4, -0.2) is 15.0 Å². The highest BCUT2D eigenvalue weighted by atomic mass is 32.1. The fourth-order valence-corrected chi connectivity index (χ4v) is 2.39. The number of benzene rings is 1. The molecule has 1 atom stereocenters. The lowest BCUT2D eigenvalue weighted by Crippen LogP contribution is -2.00. The summed E-state index contributed by atoms with van der Waals surface area (Å²) >= 11 is 5.07. The maximum absolute atomic E-state index is 5.07. The van der Waals surface area contributed by atoms with Crippen molar-refractivity contribution < 1.29 is 0 Å². The van der Waals surface area contributed by atoms with E-state index in [1.165, 1.54) is 10.8 Å². The number of fused-ring (bicyclic) bond motifs is 1. The van der Waals surface area contributed by atoms with Gasteiger partial charge in [-0.1, -0.05) is 31.2 Å². The van der Waals surface area contributed by atoms with Gasteiger partial charge in [0.05, 0.1) is 5.69 Å². The van der Waals surface area contributed by atoms with Gasteiger partial charge in [-0.2, -0.15) is 0 Å². The van der Waals surface area contributed by atoms with Gasteiger partial charge in [-0.15, -0.1) is 0 Å². The zero-order valence-electron chi connectivity index (χ0n) is 9.97. The van der Waals surface area contributed by atoms with E-state index in [-0.39, 0.29) is 5.92 Å². The minimum Gasteiger partial charge on any atom is -0.337 e. The van der Waals surface area contributed by atoms with Gasteiger partial charge in [-0.05, 0) is 23.7 Å². The first-order chi connectivity index (χ1) is 8.75. The predicted octanol–water partition coefficient (Wildman–Crippen LogP) is 3.77. The van der Waals surface area contributed by atoms with Gasteiger partial charge in [0.2, 0.25) is 0 Å². The van der Waals surface area contributed by atoms with E-state index in [1.54, 1.807) is 0 Å². The molecule has 0 radical (unpaired) electrons. The van der Waals surface area contributed by atoms with Crippen LogP contribution in [0.1, 0.15) is 24.2 Å². The SMILES string of the molecule is CC(c1c[nH]c(=S)[nH]1)c1nccc2ccccc12. The number of aromatic nitrogens is 3. The summed E-state index contributed by atoms with van der Waals surface area (Å²) in [5.41, 5.74) is 2.13. The summed E-state index contributed by atoms with van der Waals surface area (Å²) in [5, 5.41) is 2.40. The maximum atomic E-state index is 5.07. The first-order valence-corrected chi connectivity index (χ1v) is 6.28. The number of nitrogens with zero attached hydrogens (tertiary/aromatic N) is 1. The molecule has 3 nitrogen and oxygen atoms in total. The van der Waals surface area contributed by atoms with Gasteiger partial charge in [-0.25, -0.2) is 0 Å². The van der Waals surface area contributed by atoms with E-state index in [0.717, 1.165) is 11.4 Å². The Kier molecular flexibility index (Phi) is 2.72. The normalized spacial score (nSPS) is 12.7. The minimum atomic E-state index is 0.184. The standard InChI is InChI=1S/C14H13N3S/c1-9(12-8-16-14(18)17-12)13-11-5-3-2-4-10(11)6-7-15-13/h2-9H,1H3,(H2,16,17,18). The number of aromatic amines is 2. The van der Waals surface area contributed by atoms with Crippen molar-refractivity contribution in [2.75, 3.05) is 0 Å². The third-order valence-electron chi connectivity index (χ3n) is 3.20. The number of H-pyrrole nitrogens is 2. The molecule has 0 spiro atoms. The maximum Gasteiger partial charge on any atom is 0.174 e. The molecule has 2 heterocycles. The summed E-state index contributed by atoms with van der Waals surface area (Å²) < 4.78 is 0.650. The average Bonchev–Trinajstić information content (AvgIpc) is 2.84. The molecule has 0 aliphatic carbocycles. The van der Waals surface area contributed by atoms with Gasteiger partial charge < -0.3 is 9.97 Å². The van der Waals surface area contributed by atoms with E-state index in [0.29, 0.717) is 4.77 Å². The van der Waals surface area contributed by atoms with Crippen LogP contribution in [0.2, 0.25) is 0 Å². The number of hydrogen-bond acceptors (Lipinski definition) is 2. The quantitative estimate of drug-likeness (QED) is 0.685. The molecule has 90 valence electrons. The van der Waals surface area contributed by atoms with E-state index in [2.05, 4.69) is 34.0 Å². The summed E-state index contributed by atoms with van der Waals surface area (Å²) in [4.78, 5) is 10.7. The van der Waals surface area contributed by atoms with Crippen molar-refractivity contribution >= 4 is 23.0 Å². The Hall–Kier alpha value is -1.94. The van der Waals surface area contributed by atoms with Crippen molar-refractivity contribution in [3.8, 4) is 0 Å². The van der Waals surface area contributed by atoms with Gasteiger partial charge in [-0.3, -0.25) is 4.98 Å². The Labute approximate surface area is 110 Å². The summed E-state index contributed by atoms with van der Waals surface area (Å²) in [6.07, 6.45) is 3.77. The van der Waals surface area contributed by atoms with E-state index < -0.39 is 0 Å². The molecule has 4 heteroatoms. The van der Waals surface area contributed by atoms with Crippen LogP contribution in [0, 0.1) is 4.77 Å². The first-order valence-electron chi connectivity index (χ1n) is 5.87. The number of rotatable bonds is 2. The Balaban J connectivity index is 2.17. The third kappa shape index (κ3) is 1.84. The Morgan fingerprint density at radius 3 is 2.83 bits per heavy atom. The molecule has 0 aliphatic rings. The third-order valence-corrected chi connectivity index (χ3v) is 3.42. The van der Waals surface area contributed by atoms with Gasteiger partial charge in [0.25, 0.3) is 0 Å². The summed E-state index contributed by atoms with van der Waals surface area (Å²) in [6.45, 7) is 2.13. The van der Waals surface area contributed by atoms with Crippen LogP contribution >= 0.6 is 12.2 Å². The second kappa shape index (κ2) is 4.38. The van der Waals surface area contributed by atoms with Crippen molar-refractivity contribution in [1.82, 2.24) is 15.0 Å². The lowest BCUT2D eigenvalue weighted by molar-refractivity contribution is 0.851. The molecular weight excluding hydrogens is 242 g/mol. The molecule has 0 saturated heterocycles. The van der Waals surface area contributed by atoms with Crippen LogP contribution in [0.3, 0.4) is 0 Å². The van der Waals surface area contributed by atoms with E-state index in [4.69, 9.17) is 12.2 Å². The Morgan fingerprint density at radius 2 is 2.06 bits per heavy atom. The summed E-state index contributed by atoms with van der Waals surface area (Å²) in [6, 6.07) is 10.3. The molecule has 1 aromatic carbocycles. The molecule has 0 fully saturated rings. The predicted molar refractivity (Wildman–Crippen MR) is 75.2 cm³/mol. The Morgan fingerprint density at radius 1 is 1.22 bits per heavy atom. The second-order valence-electron chi connectivity index (χ2n) is 4.34. The fraction of sp³-hybridized carbons (Fsp3) is 0.143. The van der Waals surface area contributed by atoms with Gasteiger partial charge in [0.15, 0.2) is 4.77 Å². The highest BCUT2D eigenvalue weighted by molar-refractivity contribution is 7.71. The highest BCUT2D eigenvalue weighted by Crippen LogP contribution is 2.27. The molecule has 0 saturated carbocycles. The van der Waals surface area contributed by atoms with Crippen LogP contribution in [0.25, 0.3) is 10.8 Å². The number of nitrogens with one attached hydrogen (secondary N) is 2. The molecule has 3 rings (SSSR count).